The molecule has 0 radical (unpaired) electrons. The van der Waals surface area contributed by atoms with E-state index >= 15 is 0 Å². The summed E-state index contributed by atoms with van der Waals surface area (Å²) in [5, 5.41) is 7.00. The molecule has 1 heterocycles. The van der Waals surface area contributed by atoms with Crippen LogP contribution in [0.25, 0.3) is 0 Å². The number of carbonyl (C=O) groups excluding carboxylic acids is 1. The van der Waals surface area contributed by atoms with Crippen LogP contribution in [0.5, 0.6) is 0 Å². The quantitative estimate of drug-likeness (QED) is 0.821. The summed E-state index contributed by atoms with van der Waals surface area (Å²) >= 11 is 6.73. The Morgan fingerprint density at radius 2 is 2.21 bits per heavy atom. The first-order valence-corrected chi connectivity index (χ1v) is 8.11. The van der Waals surface area contributed by atoms with Gasteiger partial charge in [0.15, 0.2) is 0 Å². The third kappa shape index (κ3) is 4.28. The molecule has 19 heavy (non-hydrogen) atoms. The predicted molar refractivity (Wildman–Crippen MR) is 83.3 cm³/mol. The molecule has 0 bridgehead atoms. The molecule has 0 aliphatic heterocycles. The van der Waals surface area contributed by atoms with Crippen molar-refractivity contribution in [3.63, 3.8) is 0 Å². The number of amides is 1. The number of thiophene rings is 1. The molecule has 3 nitrogen and oxygen atoms in total. The zero-order valence-electron chi connectivity index (χ0n) is 10.9. The molecule has 1 aromatic rings. The molecule has 0 saturated heterocycles. The van der Waals surface area contributed by atoms with Gasteiger partial charge in [0.05, 0.1) is 17.5 Å². The maximum Gasteiger partial charge on any atom is 0.225 e. The monoisotopic (exact) mass is 296 g/mol. The van der Waals surface area contributed by atoms with Crippen LogP contribution < -0.4 is 11.1 Å². The van der Waals surface area contributed by atoms with Crippen LogP contribution in [-0.2, 0) is 11.2 Å². The largest absolute Gasteiger partial charge is 0.392 e. The fraction of sp³-hybridized carbons (Fsp3) is 0.571. The molecule has 1 aromatic heterocycles. The first-order chi connectivity index (χ1) is 9.16. The van der Waals surface area contributed by atoms with Gasteiger partial charge in [-0.05, 0) is 41.1 Å². The molecule has 3 N–H and O–H groups in total. The average Bonchev–Trinajstić information content (AvgIpc) is 2.89. The summed E-state index contributed by atoms with van der Waals surface area (Å²) in [6.07, 6.45) is 6.34. The van der Waals surface area contributed by atoms with Crippen molar-refractivity contribution >= 4 is 34.5 Å². The molecule has 1 amide bonds. The van der Waals surface area contributed by atoms with Crippen molar-refractivity contribution in [3.05, 3.63) is 22.4 Å². The van der Waals surface area contributed by atoms with Crippen molar-refractivity contribution in [2.75, 3.05) is 0 Å². The average molecular weight is 296 g/mol. The second-order valence-corrected chi connectivity index (χ2v) is 6.41. The molecule has 1 aliphatic rings. The molecule has 104 valence electrons. The van der Waals surface area contributed by atoms with Crippen LogP contribution >= 0.6 is 23.6 Å². The summed E-state index contributed by atoms with van der Waals surface area (Å²) in [5.41, 5.74) is 6.86. The summed E-state index contributed by atoms with van der Waals surface area (Å²) in [5.74, 6) is 0.430. The van der Waals surface area contributed by atoms with E-state index in [0.717, 1.165) is 18.4 Å². The second-order valence-electron chi connectivity index (χ2n) is 5.15. The van der Waals surface area contributed by atoms with E-state index in [1.807, 2.05) is 16.8 Å². The number of hydrogen-bond donors (Lipinski definition) is 2. The predicted octanol–water partition coefficient (Wildman–Crippen LogP) is 2.64. The van der Waals surface area contributed by atoms with Crippen LogP contribution in [0.4, 0.5) is 0 Å². The van der Waals surface area contributed by atoms with Crippen LogP contribution in [0.2, 0.25) is 0 Å². The summed E-state index contributed by atoms with van der Waals surface area (Å²) < 4.78 is 0. The van der Waals surface area contributed by atoms with Gasteiger partial charge in [-0.15, -0.1) is 0 Å². The van der Waals surface area contributed by atoms with E-state index < -0.39 is 0 Å². The molecule has 1 fully saturated rings. The van der Waals surface area contributed by atoms with Crippen molar-refractivity contribution in [2.45, 2.75) is 44.6 Å². The van der Waals surface area contributed by atoms with E-state index in [-0.39, 0.29) is 11.9 Å². The van der Waals surface area contributed by atoms with Crippen LogP contribution in [0.1, 0.15) is 37.7 Å². The highest BCUT2D eigenvalue weighted by atomic mass is 32.1. The maximum absolute atomic E-state index is 12.0. The zero-order valence-corrected chi connectivity index (χ0v) is 12.6. The summed E-state index contributed by atoms with van der Waals surface area (Å²) in [7, 11) is 0. The zero-order chi connectivity index (χ0) is 13.7. The van der Waals surface area contributed by atoms with Gasteiger partial charge in [-0.3, -0.25) is 4.79 Å². The van der Waals surface area contributed by atoms with E-state index in [2.05, 4.69) is 5.32 Å². The smallest absolute Gasteiger partial charge is 0.225 e. The Morgan fingerprint density at radius 3 is 2.79 bits per heavy atom. The molecular weight excluding hydrogens is 276 g/mol. The van der Waals surface area contributed by atoms with Gasteiger partial charge < -0.3 is 11.1 Å². The Morgan fingerprint density at radius 1 is 1.47 bits per heavy atom. The number of rotatable bonds is 5. The lowest BCUT2D eigenvalue weighted by molar-refractivity contribution is -0.121. The van der Waals surface area contributed by atoms with E-state index in [4.69, 9.17) is 18.0 Å². The van der Waals surface area contributed by atoms with Crippen molar-refractivity contribution in [1.82, 2.24) is 5.32 Å². The Hall–Kier alpha value is -0.940. The van der Waals surface area contributed by atoms with Crippen LogP contribution in [0.15, 0.2) is 16.8 Å². The van der Waals surface area contributed by atoms with Crippen molar-refractivity contribution < 1.29 is 4.79 Å². The van der Waals surface area contributed by atoms with Crippen LogP contribution in [0.3, 0.4) is 0 Å². The first-order valence-electron chi connectivity index (χ1n) is 6.76. The van der Waals surface area contributed by atoms with Gasteiger partial charge >= 0.3 is 0 Å². The molecule has 5 heteroatoms. The highest BCUT2D eigenvalue weighted by Crippen LogP contribution is 2.26. The molecule has 1 atom stereocenters. The molecule has 1 aliphatic carbocycles. The molecule has 0 aromatic carbocycles. The normalized spacial score (nSPS) is 17.9. The van der Waals surface area contributed by atoms with Gasteiger partial charge in [0, 0.05) is 0 Å². The standard InChI is InChI=1S/C14H20N2OS2/c15-14(18)13(11-4-2-1-3-5-11)16-12(17)8-10-6-7-19-9-10/h6-7,9,11,13H,1-5,8H2,(H2,15,18)(H,16,17). The SMILES string of the molecule is NC(=S)C(NC(=O)Cc1ccsc1)C1CCCCC1. The van der Waals surface area contributed by atoms with Crippen molar-refractivity contribution in [3.8, 4) is 0 Å². The second kappa shape index (κ2) is 7.01. The lowest BCUT2D eigenvalue weighted by Crippen LogP contribution is -2.49. The highest BCUT2D eigenvalue weighted by molar-refractivity contribution is 7.80. The lowest BCUT2D eigenvalue weighted by atomic mass is 9.83. The third-order valence-electron chi connectivity index (χ3n) is 3.69. The number of nitrogens with one attached hydrogen (secondary N) is 1. The number of nitrogens with two attached hydrogens (primary N) is 1. The van der Waals surface area contributed by atoms with E-state index in [9.17, 15) is 4.79 Å². The fourth-order valence-electron chi connectivity index (χ4n) is 2.69. The van der Waals surface area contributed by atoms with Gasteiger partial charge in [-0.25, -0.2) is 0 Å². The van der Waals surface area contributed by atoms with E-state index in [0.29, 0.717) is 17.3 Å². The fourth-order valence-corrected chi connectivity index (χ4v) is 3.61. The molecule has 0 spiro atoms. The van der Waals surface area contributed by atoms with Gasteiger partial charge in [-0.2, -0.15) is 11.3 Å². The third-order valence-corrected chi connectivity index (χ3v) is 4.68. The van der Waals surface area contributed by atoms with Gasteiger partial charge in [-0.1, -0.05) is 31.5 Å². The summed E-state index contributed by atoms with van der Waals surface area (Å²) in [6.45, 7) is 0. The number of carbonyl (C=O) groups is 1. The number of thiocarbonyl (C=S) groups is 1. The molecule has 2 rings (SSSR count). The Bertz CT molecular complexity index is 425. The van der Waals surface area contributed by atoms with E-state index in [1.54, 1.807) is 11.3 Å². The molecular formula is C14H20N2OS2. The van der Waals surface area contributed by atoms with Crippen LogP contribution in [0, 0.1) is 5.92 Å². The van der Waals surface area contributed by atoms with E-state index in [1.165, 1.54) is 19.3 Å². The maximum atomic E-state index is 12.0. The minimum absolute atomic E-state index is 0.0155. The summed E-state index contributed by atoms with van der Waals surface area (Å²) in [6, 6.07) is 1.84. The summed E-state index contributed by atoms with van der Waals surface area (Å²) in [4.78, 5) is 12.5. The lowest BCUT2D eigenvalue weighted by Gasteiger charge is -2.30. The molecule has 1 saturated carbocycles. The van der Waals surface area contributed by atoms with Gasteiger partial charge in [0.1, 0.15) is 0 Å². The Kier molecular flexibility index (Phi) is 5.34. The highest BCUT2D eigenvalue weighted by Gasteiger charge is 2.27. The minimum atomic E-state index is -0.138. The Balaban J connectivity index is 1.92. The Labute approximate surface area is 123 Å². The van der Waals surface area contributed by atoms with Gasteiger partial charge in [0.25, 0.3) is 0 Å². The number of hydrogen-bond acceptors (Lipinski definition) is 3. The van der Waals surface area contributed by atoms with Crippen LogP contribution in [-0.4, -0.2) is 16.9 Å². The molecule has 1 unspecified atom stereocenters. The first kappa shape index (κ1) is 14.5. The van der Waals surface area contributed by atoms with Crippen molar-refractivity contribution in [2.24, 2.45) is 11.7 Å². The van der Waals surface area contributed by atoms with Crippen molar-refractivity contribution in [1.29, 1.82) is 0 Å². The topological polar surface area (TPSA) is 55.1 Å². The minimum Gasteiger partial charge on any atom is -0.392 e. The van der Waals surface area contributed by atoms with Gasteiger partial charge in [0.2, 0.25) is 5.91 Å².